The molecule has 4 fully saturated rings. The van der Waals surface area contributed by atoms with Crippen LogP contribution in [0.4, 0.5) is 0 Å². The molecule has 2 unspecified atom stereocenters. The van der Waals surface area contributed by atoms with Gasteiger partial charge in [0.2, 0.25) is 0 Å². The van der Waals surface area contributed by atoms with Crippen molar-refractivity contribution in [3.63, 3.8) is 0 Å². The van der Waals surface area contributed by atoms with Crippen molar-refractivity contribution in [3.8, 4) is 11.5 Å². The first-order valence-corrected chi connectivity index (χ1v) is 10.6. The van der Waals surface area contributed by atoms with E-state index in [1.165, 1.54) is 44.1 Å². The molecule has 1 aromatic rings. The summed E-state index contributed by atoms with van der Waals surface area (Å²) in [5.41, 5.74) is 2.68. The maximum Gasteiger partial charge on any atom is 0.161 e. The van der Waals surface area contributed by atoms with Gasteiger partial charge in [-0.25, -0.2) is 0 Å². The first kappa shape index (κ1) is 18.9. The summed E-state index contributed by atoms with van der Waals surface area (Å²) in [6.07, 6.45) is 10.1. The smallest absolute Gasteiger partial charge is 0.161 e. The molecule has 0 aromatic heterocycles. The summed E-state index contributed by atoms with van der Waals surface area (Å²) >= 11 is 0. The fourth-order valence-corrected chi connectivity index (χ4v) is 7.13. The Morgan fingerprint density at radius 2 is 1.81 bits per heavy atom. The molecule has 4 aliphatic rings. The summed E-state index contributed by atoms with van der Waals surface area (Å²) in [6, 6.07) is 6.34. The van der Waals surface area contributed by atoms with Crippen LogP contribution in [0.2, 0.25) is 0 Å². The monoisotopic (exact) mass is 369 g/mol. The molecular formula is C24H35NO2. The summed E-state index contributed by atoms with van der Waals surface area (Å²) < 4.78 is 11.6. The van der Waals surface area contributed by atoms with Gasteiger partial charge in [-0.15, -0.1) is 0 Å². The highest BCUT2D eigenvalue weighted by molar-refractivity contribution is 5.43. The van der Waals surface area contributed by atoms with Crippen LogP contribution in [0.5, 0.6) is 11.5 Å². The summed E-state index contributed by atoms with van der Waals surface area (Å²) in [6.45, 7) is 12.8. The molecule has 4 saturated carbocycles. The zero-order valence-corrected chi connectivity index (χ0v) is 17.3. The lowest BCUT2D eigenvalue weighted by Gasteiger charge is -2.65. The lowest BCUT2D eigenvalue weighted by Crippen LogP contribution is -2.63. The Morgan fingerprint density at radius 3 is 2.44 bits per heavy atom. The Kier molecular flexibility index (Phi) is 4.78. The fraction of sp³-hybridized carbons (Fsp3) is 0.667. The van der Waals surface area contributed by atoms with Crippen LogP contribution in [0, 0.1) is 16.7 Å². The van der Waals surface area contributed by atoms with Gasteiger partial charge in [0.25, 0.3) is 0 Å². The van der Waals surface area contributed by atoms with E-state index in [-0.39, 0.29) is 0 Å². The van der Waals surface area contributed by atoms with Crippen LogP contribution >= 0.6 is 0 Å². The summed E-state index contributed by atoms with van der Waals surface area (Å²) in [5, 5.41) is 4.01. The van der Waals surface area contributed by atoms with Crippen molar-refractivity contribution in [2.75, 3.05) is 13.2 Å². The Bertz CT molecular complexity index is 694. The van der Waals surface area contributed by atoms with E-state index in [1.807, 2.05) is 13.0 Å². The molecular weight excluding hydrogens is 334 g/mol. The predicted octanol–water partition coefficient (Wildman–Crippen LogP) is 5.49. The number of ether oxygens (including phenoxy) is 2. The molecule has 4 aliphatic carbocycles. The first-order chi connectivity index (χ1) is 12.9. The van der Waals surface area contributed by atoms with Gasteiger partial charge in [-0.3, -0.25) is 0 Å². The van der Waals surface area contributed by atoms with E-state index >= 15 is 0 Å². The minimum absolute atomic E-state index is 0.326. The first-order valence-electron chi connectivity index (χ1n) is 10.6. The Balaban J connectivity index is 1.48. The molecule has 2 atom stereocenters. The highest BCUT2D eigenvalue weighted by atomic mass is 16.5. The Hall–Kier alpha value is -1.48. The van der Waals surface area contributed by atoms with Crippen LogP contribution < -0.4 is 14.8 Å². The predicted molar refractivity (Wildman–Crippen MR) is 110 cm³/mol. The molecule has 148 valence electrons. The third-order valence-electron chi connectivity index (χ3n) is 6.96. The van der Waals surface area contributed by atoms with E-state index in [9.17, 15) is 0 Å². The molecule has 0 amide bonds. The second-order valence-electron chi connectivity index (χ2n) is 10.1. The van der Waals surface area contributed by atoms with E-state index in [0.29, 0.717) is 29.6 Å². The molecule has 4 bridgehead atoms. The minimum atomic E-state index is 0.326. The fourth-order valence-electron chi connectivity index (χ4n) is 7.13. The quantitative estimate of drug-likeness (QED) is 0.615. The number of hydrogen-bond donors (Lipinski definition) is 1. The van der Waals surface area contributed by atoms with Crippen LogP contribution in [0.25, 0.3) is 0 Å². The van der Waals surface area contributed by atoms with Crippen LogP contribution in [0.15, 0.2) is 30.9 Å². The van der Waals surface area contributed by atoms with Crippen molar-refractivity contribution in [2.24, 2.45) is 16.7 Å². The van der Waals surface area contributed by atoms with Gasteiger partial charge in [0.1, 0.15) is 6.61 Å². The summed E-state index contributed by atoms with van der Waals surface area (Å²) in [4.78, 5) is 0. The SMILES string of the molecule is C=CCOc1ccc(CNC23CC4CC(C)(CC(C)(C4)C2)C3)cc1OCC. The maximum atomic E-state index is 5.82. The molecule has 0 heterocycles. The van der Waals surface area contributed by atoms with Crippen LogP contribution in [0.3, 0.4) is 0 Å². The third-order valence-corrected chi connectivity index (χ3v) is 6.96. The largest absolute Gasteiger partial charge is 0.490 e. The zero-order valence-electron chi connectivity index (χ0n) is 17.3. The molecule has 27 heavy (non-hydrogen) atoms. The van der Waals surface area contributed by atoms with Gasteiger partial charge in [-0.05, 0) is 79.9 Å². The van der Waals surface area contributed by atoms with Crippen LogP contribution in [-0.2, 0) is 6.54 Å². The second kappa shape index (κ2) is 6.84. The van der Waals surface area contributed by atoms with E-state index in [2.05, 4.69) is 37.9 Å². The normalized spacial score (nSPS) is 36.6. The topological polar surface area (TPSA) is 30.5 Å². The minimum Gasteiger partial charge on any atom is -0.490 e. The van der Waals surface area contributed by atoms with Gasteiger partial charge in [0, 0.05) is 12.1 Å². The number of nitrogens with one attached hydrogen (secondary N) is 1. The van der Waals surface area contributed by atoms with Crippen LogP contribution in [-0.4, -0.2) is 18.8 Å². The van der Waals surface area contributed by atoms with E-state index in [1.54, 1.807) is 6.08 Å². The molecule has 3 nitrogen and oxygen atoms in total. The van der Waals surface area contributed by atoms with Gasteiger partial charge in [0.05, 0.1) is 6.61 Å². The lowest BCUT2D eigenvalue weighted by atomic mass is 9.43. The molecule has 1 N–H and O–H groups in total. The summed E-state index contributed by atoms with van der Waals surface area (Å²) in [5.74, 6) is 2.55. The molecule has 3 heteroatoms. The average Bonchev–Trinajstić information content (AvgIpc) is 2.56. The third kappa shape index (κ3) is 3.76. The van der Waals surface area contributed by atoms with E-state index in [0.717, 1.165) is 24.0 Å². The highest BCUT2D eigenvalue weighted by Gasteiger charge is 2.59. The van der Waals surface area contributed by atoms with E-state index < -0.39 is 0 Å². The van der Waals surface area contributed by atoms with Gasteiger partial charge in [-0.2, -0.15) is 0 Å². The standard InChI is InChI=1S/C24H35NO2/c1-5-9-27-20-8-7-18(10-21(20)26-6-2)14-25-24-13-19-11-22(3,16-24)15-23(4,12-19)17-24/h5,7-8,10,19,25H,1,6,9,11-17H2,2-4H3. The van der Waals surface area contributed by atoms with Crippen molar-refractivity contribution < 1.29 is 9.47 Å². The van der Waals surface area contributed by atoms with Crippen LogP contribution in [0.1, 0.15) is 64.9 Å². The molecule has 0 radical (unpaired) electrons. The van der Waals surface area contributed by atoms with Crippen molar-refractivity contribution in [1.82, 2.24) is 5.32 Å². The van der Waals surface area contributed by atoms with Gasteiger partial charge >= 0.3 is 0 Å². The molecule has 0 spiro atoms. The number of benzene rings is 1. The summed E-state index contributed by atoms with van der Waals surface area (Å²) in [7, 11) is 0. The van der Waals surface area contributed by atoms with Gasteiger partial charge in [0.15, 0.2) is 11.5 Å². The van der Waals surface area contributed by atoms with E-state index in [4.69, 9.17) is 9.47 Å². The maximum absolute atomic E-state index is 5.82. The van der Waals surface area contributed by atoms with Gasteiger partial charge < -0.3 is 14.8 Å². The molecule has 5 rings (SSSR count). The van der Waals surface area contributed by atoms with Gasteiger partial charge in [-0.1, -0.05) is 32.6 Å². The zero-order chi connectivity index (χ0) is 19.1. The second-order valence-corrected chi connectivity index (χ2v) is 10.1. The number of rotatable bonds is 8. The highest BCUT2D eigenvalue weighted by Crippen LogP contribution is 2.66. The van der Waals surface area contributed by atoms with Crippen molar-refractivity contribution in [3.05, 3.63) is 36.4 Å². The van der Waals surface area contributed by atoms with Crippen molar-refractivity contribution in [2.45, 2.75) is 71.4 Å². The lowest BCUT2D eigenvalue weighted by molar-refractivity contribution is -0.118. The molecule has 0 aliphatic heterocycles. The van der Waals surface area contributed by atoms with Crippen molar-refractivity contribution >= 4 is 0 Å². The average molecular weight is 370 g/mol. The Morgan fingerprint density at radius 1 is 1.07 bits per heavy atom. The number of hydrogen-bond acceptors (Lipinski definition) is 3. The molecule has 1 aromatic carbocycles. The van der Waals surface area contributed by atoms with Crippen molar-refractivity contribution in [1.29, 1.82) is 0 Å². The Labute approximate surface area is 164 Å². The molecule has 0 saturated heterocycles.